The molecule has 2 aromatic carbocycles. The highest BCUT2D eigenvalue weighted by Crippen LogP contribution is 2.16. The Labute approximate surface area is 201 Å². The van der Waals surface area contributed by atoms with E-state index in [4.69, 9.17) is 13.9 Å². The second-order valence-electron chi connectivity index (χ2n) is 6.98. The third-order valence-corrected chi connectivity index (χ3v) is 4.60. The van der Waals surface area contributed by atoms with E-state index in [9.17, 15) is 19.2 Å². The summed E-state index contributed by atoms with van der Waals surface area (Å²) in [5, 5.41) is 4.99. The van der Waals surface area contributed by atoms with Crippen LogP contribution in [0.25, 0.3) is 12.2 Å². The number of hydrogen-bond donors (Lipinski definition) is 2. The van der Waals surface area contributed by atoms with Gasteiger partial charge in [-0.25, -0.2) is 9.59 Å². The lowest BCUT2D eigenvalue weighted by Gasteiger charge is -2.08. The average molecular weight is 474 g/mol. The number of ether oxygens (including phenoxy) is 2. The fourth-order valence-electron chi connectivity index (χ4n) is 2.89. The van der Waals surface area contributed by atoms with Crippen molar-refractivity contribution in [2.24, 2.45) is 0 Å². The highest BCUT2D eigenvalue weighted by molar-refractivity contribution is 6.04. The summed E-state index contributed by atoms with van der Waals surface area (Å²) in [5.74, 6) is -2.22. The predicted octanol–water partition coefficient (Wildman–Crippen LogP) is 3.17. The summed E-state index contributed by atoms with van der Waals surface area (Å²) < 4.78 is 15.1. The molecule has 0 fully saturated rings. The molecule has 0 aliphatic carbocycles. The quantitative estimate of drug-likeness (QED) is 0.380. The van der Waals surface area contributed by atoms with Gasteiger partial charge in [0.25, 0.3) is 11.8 Å². The number of furan rings is 1. The minimum atomic E-state index is -0.784. The molecule has 0 atom stereocenters. The lowest BCUT2D eigenvalue weighted by Crippen LogP contribution is -2.28. The Balaban J connectivity index is 1.84. The van der Waals surface area contributed by atoms with Crippen molar-refractivity contribution in [3.8, 4) is 0 Å². The molecule has 0 aliphatic rings. The van der Waals surface area contributed by atoms with Gasteiger partial charge in [0.05, 0.1) is 14.2 Å². The van der Waals surface area contributed by atoms with Crippen molar-refractivity contribution >= 4 is 35.9 Å². The number of carbonyl (C=O) groups is 4. The molecule has 9 nitrogen and oxygen atoms in total. The summed E-state index contributed by atoms with van der Waals surface area (Å²) in [4.78, 5) is 49.3. The second-order valence-corrected chi connectivity index (χ2v) is 6.98. The third kappa shape index (κ3) is 6.78. The Morgan fingerprint density at radius 2 is 1.00 bits per heavy atom. The van der Waals surface area contributed by atoms with E-state index in [1.807, 2.05) is 0 Å². The number of benzene rings is 2. The third-order valence-electron chi connectivity index (χ3n) is 4.60. The molecule has 0 spiro atoms. The van der Waals surface area contributed by atoms with Crippen molar-refractivity contribution in [2.45, 2.75) is 0 Å². The first-order valence-electron chi connectivity index (χ1n) is 10.3. The molecule has 0 saturated heterocycles. The smallest absolute Gasteiger partial charge is 0.354 e. The maximum absolute atomic E-state index is 12.5. The maximum Gasteiger partial charge on any atom is 0.354 e. The molecule has 9 heteroatoms. The molecule has 3 aromatic rings. The van der Waals surface area contributed by atoms with E-state index in [0.29, 0.717) is 11.1 Å². The highest BCUT2D eigenvalue weighted by atomic mass is 16.5. The van der Waals surface area contributed by atoms with Crippen LogP contribution in [0, 0.1) is 0 Å². The van der Waals surface area contributed by atoms with Crippen molar-refractivity contribution in [1.82, 2.24) is 10.6 Å². The Kier molecular flexibility index (Phi) is 8.33. The Morgan fingerprint density at radius 3 is 1.34 bits per heavy atom. The monoisotopic (exact) mass is 474 g/mol. The fraction of sp³-hybridized carbons (Fsp3) is 0.0769. The van der Waals surface area contributed by atoms with Crippen LogP contribution >= 0.6 is 0 Å². The van der Waals surface area contributed by atoms with Gasteiger partial charge in [0.15, 0.2) is 0 Å². The van der Waals surface area contributed by atoms with Crippen LogP contribution in [0.2, 0.25) is 0 Å². The first-order valence-corrected chi connectivity index (χ1v) is 10.3. The van der Waals surface area contributed by atoms with Crippen LogP contribution in [0.3, 0.4) is 0 Å². The Hall–Kier alpha value is -4.92. The topological polar surface area (TPSA) is 124 Å². The van der Waals surface area contributed by atoms with Gasteiger partial charge in [-0.15, -0.1) is 0 Å². The zero-order valence-electron chi connectivity index (χ0n) is 18.9. The minimum Gasteiger partial charge on any atom is -0.464 e. The second kappa shape index (κ2) is 11.8. The standard InChI is InChI=1S/C26H22N2O7/c1-33-25(31)21(27-23(29)17-9-5-3-6-10-17)15-19-13-14-20(35-19)16-22(26(32)34-2)28-24(30)18-11-7-4-8-12-18/h3-16H,1-2H3,(H,27,29)(H,28,30). The van der Waals surface area contributed by atoms with Crippen molar-refractivity contribution in [3.63, 3.8) is 0 Å². The summed E-state index contributed by atoms with van der Waals surface area (Å²) in [6.07, 6.45) is 2.56. The first-order chi connectivity index (χ1) is 16.9. The number of methoxy groups -OCH3 is 2. The maximum atomic E-state index is 12.5. The molecule has 1 heterocycles. The van der Waals surface area contributed by atoms with Gasteiger partial charge in [0, 0.05) is 23.3 Å². The Morgan fingerprint density at radius 1 is 0.629 bits per heavy atom. The molecule has 0 bridgehead atoms. The lowest BCUT2D eigenvalue weighted by atomic mass is 10.2. The van der Waals surface area contributed by atoms with E-state index >= 15 is 0 Å². The van der Waals surface area contributed by atoms with Crippen LogP contribution in [0.1, 0.15) is 32.2 Å². The van der Waals surface area contributed by atoms with Crippen molar-refractivity contribution < 1.29 is 33.1 Å². The first kappa shape index (κ1) is 24.7. The molecular formula is C26H22N2O7. The predicted molar refractivity (Wildman–Crippen MR) is 127 cm³/mol. The lowest BCUT2D eigenvalue weighted by molar-refractivity contribution is -0.137. The molecule has 178 valence electrons. The van der Waals surface area contributed by atoms with E-state index in [-0.39, 0.29) is 22.9 Å². The molecule has 2 amide bonds. The molecular weight excluding hydrogens is 452 g/mol. The van der Waals surface area contributed by atoms with Gasteiger partial charge >= 0.3 is 11.9 Å². The van der Waals surface area contributed by atoms with Gasteiger partial charge in [0.1, 0.15) is 22.9 Å². The van der Waals surface area contributed by atoms with E-state index in [2.05, 4.69) is 10.6 Å². The summed E-state index contributed by atoms with van der Waals surface area (Å²) >= 11 is 0. The molecule has 0 aliphatic heterocycles. The van der Waals surface area contributed by atoms with Crippen LogP contribution in [-0.2, 0) is 19.1 Å². The van der Waals surface area contributed by atoms with Gasteiger partial charge in [-0.05, 0) is 36.4 Å². The zero-order valence-corrected chi connectivity index (χ0v) is 18.9. The average Bonchev–Trinajstić information content (AvgIpc) is 3.34. The molecule has 0 unspecified atom stereocenters. The van der Waals surface area contributed by atoms with Crippen LogP contribution in [-0.4, -0.2) is 38.0 Å². The number of nitrogens with one attached hydrogen (secondary N) is 2. The fourth-order valence-corrected chi connectivity index (χ4v) is 2.89. The van der Waals surface area contributed by atoms with Gasteiger partial charge in [-0.3, -0.25) is 9.59 Å². The van der Waals surface area contributed by atoms with Crippen LogP contribution in [0.15, 0.2) is 88.6 Å². The van der Waals surface area contributed by atoms with E-state index in [0.717, 1.165) is 0 Å². The minimum absolute atomic E-state index is 0.156. The van der Waals surface area contributed by atoms with Crippen molar-refractivity contribution in [2.75, 3.05) is 14.2 Å². The normalized spacial score (nSPS) is 11.4. The van der Waals surface area contributed by atoms with E-state index < -0.39 is 23.8 Å². The van der Waals surface area contributed by atoms with Gasteiger partial charge in [-0.2, -0.15) is 0 Å². The summed E-state index contributed by atoms with van der Waals surface area (Å²) in [6, 6.07) is 19.7. The van der Waals surface area contributed by atoms with Crippen LogP contribution in [0.4, 0.5) is 0 Å². The van der Waals surface area contributed by atoms with Gasteiger partial charge in [-0.1, -0.05) is 36.4 Å². The van der Waals surface area contributed by atoms with E-state index in [1.165, 1.54) is 38.5 Å². The summed E-state index contributed by atoms with van der Waals surface area (Å²) in [7, 11) is 2.36. The summed E-state index contributed by atoms with van der Waals surface area (Å²) in [6.45, 7) is 0. The number of rotatable bonds is 8. The molecule has 0 radical (unpaired) electrons. The Bertz CT molecular complexity index is 1180. The summed E-state index contributed by atoms with van der Waals surface area (Å²) in [5.41, 5.74) is 0.387. The number of carbonyl (C=O) groups excluding carboxylic acids is 4. The molecule has 2 N–H and O–H groups in total. The van der Waals surface area contributed by atoms with Crippen LogP contribution in [0.5, 0.6) is 0 Å². The van der Waals surface area contributed by atoms with Crippen molar-refractivity contribution in [1.29, 1.82) is 0 Å². The van der Waals surface area contributed by atoms with E-state index in [1.54, 1.807) is 60.7 Å². The van der Waals surface area contributed by atoms with Gasteiger partial charge < -0.3 is 24.5 Å². The SMILES string of the molecule is COC(=O)C(=Cc1ccc(C=C(NC(=O)c2ccccc2)C(=O)OC)o1)NC(=O)c1ccccc1. The molecule has 35 heavy (non-hydrogen) atoms. The molecule has 1 aromatic heterocycles. The molecule has 0 saturated carbocycles. The number of hydrogen-bond acceptors (Lipinski definition) is 7. The number of amides is 2. The molecule has 3 rings (SSSR count). The zero-order chi connectivity index (χ0) is 25.2. The highest BCUT2D eigenvalue weighted by Gasteiger charge is 2.18. The van der Waals surface area contributed by atoms with Crippen molar-refractivity contribution in [3.05, 3.63) is 107 Å². The van der Waals surface area contributed by atoms with Gasteiger partial charge in [0.2, 0.25) is 0 Å². The largest absolute Gasteiger partial charge is 0.464 e. The van der Waals surface area contributed by atoms with Crippen LogP contribution < -0.4 is 10.6 Å². The number of esters is 2.